The molecule has 0 bridgehead atoms. The number of hydrogen-bond acceptors (Lipinski definition) is 3. The molecular formula is C10H12BrNO3S. The van der Waals surface area contributed by atoms with Crippen LogP contribution in [0.4, 0.5) is 0 Å². The zero-order valence-corrected chi connectivity index (χ0v) is 11.1. The molecule has 0 heterocycles. The summed E-state index contributed by atoms with van der Waals surface area (Å²) in [5.74, 6) is -0.481. The number of carbonyl (C=O) groups excluding carboxylic acids is 1. The van der Waals surface area contributed by atoms with Crippen LogP contribution in [0.3, 0.4) is 0 Å². The van der Waals surface area contributed by atoms with Gasteiger partial charge in [0.25, 0.3) is 0 Å². The van der Waals surface area contributed by atoms with Crippen LogP contribution < -0.4 is 4.72 Å². The third-order valence-corrected chi connectivity index (χ3v) is 2.98. The van der Waals surface area contributed by atoms with E-state index in [1.54, 1.807) is 0 Å². The average Bonchev–Trinajstić information content (AvgIpc) is 2.14. The van der Waals surface area contributed by atoms with E-state index in [4.69, 9.17) is 0 Å². The van der Waals surface area contributed by atoms with Crippen molar-refractivity contribution in [1.82, 2.24) is 4.72 Å². The SMILES string of the molecule is CS(=O)(=O)NC(=O)CCc1ccc(Br)cc1. The quantitative estimate of drug-likeness (QED) is 0.916. The van der Waals surface area contributed by atoms with Gasteiger partial charge in [-0.3, -0.25) is 9.52 Å². The highest BCUT2D eigenvalue weighted by atomic mass is 79.9. The molecule has 1 N–H and O–H groups in total. The van der Waals surface area contributed by atoms with Gasteiger partial charge in [0.1, 0.15) is 0 Å². The molecule has 16 heavy (non-hydrogen) atoms. The minimum absolute atomic E-state index is 0.161. The van der Waals surface area contributed by atoms with Crippen LogP contribution in [0.1, 0.15) is 12.0 Å². The number of halogens is 1. The molecular weight excluding hydrogens is 294 g/mol. The summed E-state index contributed by atoms with van der Waals surface area (Å²) in [6.07, 6.45) is 1.65. The maximum absolute atomic E-state index is 11.2. The monoisotopic (exact) mass is 305 g/mol. The van der Waals surface area contributed by atoms with Gasteiger partial charge in [-0.15, -0.1) is 0 Å². The largest absolute Gasteiger partial charge is 0.274 e. The Balaban J connectivity index is 2.46. The number of nitrogens with one attached hydrogen (secondary N) is 1. The lowest BCUT2D eigenvalue weighted by Crippen LogP contribution is -2.29. The lowest BCUT2D eigenvalue weighted by Gasteiger charge is -2.03. The van der Waals surface area contributed by atoms with Crippen LogP contribution in [0.15, 0.2) is 28.7 Å². The van der Waals surface area contributed by atoms with Gasteiger partial charge in [0.2, 0.25) is 15.9 Å². The molecule has 1 amide bonds. The van der Waals surface area contributed by atoms with Crippen molar-refractivity contribution in [2.24, 2.45) is 0 Å². The molecule has 0 spiro atoms. The van der Waals surface area contributed by atoms with Crippen molar-refractivity contribution in [3.05, 3.63) is 34.3 Å². The molecule has 0 aromatic heterocycles. The molecule has 0 aliphatic carbocycles. The molecule has 0 radical (unpaired) electrons. The Morgan fingerprint density at radius 1 is 1.31 bits per heavy atom. The maximum Gasteiger partial charge on any atom is 0.233 e. The van der Waals surface area contributed by atoms with Crippen molar-refractivity contribution >= 4 is 31.9 Å². The first-order valence-corrected chi connectivity index (χ1v) is 7.30. The van der Waals surface area contributed by atoms with E-state index in [2.05, 4.69) is 15.9 Å². The summed E-state index contributed by atoms with van der Waals surface area (Å²) in [7, 11) is -3.44. The van der Waals surface area contributed by atoms with Crippen molar-refractivity contribution in [3.63, 3.8) is 0 Å². The minimum atomic E-state index is -3.44. The number of hydrogen-bond donors (Lipinski definition) is 1. The molecule has 6 heteroatoms. The summed E-state index contributed by atoms with van der Waals surface area (Å²) in [5, 5.41) is 0. The molecule has 0 unspecified atom stereocenters. The Morgan fingerprint density at radius 3 is 2.38 bits per heavy atom. The third kappa shape index (κ3) is 5.27. The number of carbonyl (C=O) groups is 1. The maximum atomic E-state index is 11.2. The Hall–Kier alpha value is -0.880. The molecule has 0 aliphatic rings. The van der Waals surface area contributed by atoms with Gasteiger partial charge in [0.15, 0.2) is 0 Å². The van der Waals surface area contributed by atoms with Crippen LogP contribution in [0.5, 0.6) is 0 Å². The van der Waals surface area contributed by atoms with Gasteiger partial charge in [-0.2, -0.15) is 0 Å². The van der Waals surface area contributed by atoms with Gasteiger partial charge in [-0.1, -0.05) is 28.1 Å². The van der Waals surface area contributed by atoms with Gasteiger partial charge in [-0.25, -0.2) is 8.42 Å². The van der Waals surface area contributed by atoms with Gasteiger partial charge in [0, 0.05) is 10.9 Å². The van der Waals surface area contributed by atoms with Gasteiger partial charge in [-0.05, 0) is 24.1 Å². The molecule has 88 valence electrons. The topological polar surface area (TPSA) is 63.2 Å². The summed E-state index contributed by atoms with van der Waals surface area (Å²) >= 11 is 3.31. The number of rotatable bonds is 4. The predicted octanol–water partition coefficient (Wildman–Crippen LogP) is 1.46. The highest BCUT2D eigenvalue weighted by Crippen LogP contribution is 2.11. The first kappa shape index (κ1) is 13.2. The summed E-state index contributed by atoms with van der Waals surface area (Å²) in [6.45, 7) is 0. The first-order valence-electron chi connectivity index (χ1n) is 4.62. The summed E-state index contributed by atoms with van der Waals surface area (Å²) in [4.78, 5) is 11.2. The van der Waals surface area contributed by atoms with Crippen LogP contribution in [0.25, 0.3) is 0 Å². The molecule has 0 atom stereocenters. The highest BCUT2D eigenvalue weighted by molar-refractivity contribution is 9.10. The Bertz CT molecular complexity index is 467. The molecule has 0 aliphatic heterocycles. The van der Waals surface area contributed by atoms with E-state index in [-0.39, 0.29) is 6.42 Å². The van der Waals surface area contributed by atoms with Crippen LogP contribution >= 0.6 is 15.9 Å². The average molecular weight is 306 g/mol. The Kier molecular flexibility index (Phi) is 4.49. The molecule has 0 saturated carbocycles. The Morgan fingerprint density at radius 2 is 1.88 bits per heavy atom. The van der Waals surface area contributed by atoms with Gasteiger partial charge >= 0.3 is 0 Å². The van der Waals surface area contributed by atoms with E-state index in [0.29, 0.717) is 6.42 Å². The van der Waals surface area contributed by atoms with Crippen molar-refractivity contribution in [3.8, 4) is 0 Å². The van der Waals surface area contributed by atoms with Crippen molar-refractivity contribution in [2.45, 2.75) is 12.8 Å². The summed E-state index contributed by atoms with van der Waals surface area (Å²) in [6, 6.07) is 7.53. The van der Waals surface area contributed by atoms with E-state index in [1.165, 1.54) is 0 Å². The number of aryl methyl sites for hydroxylation is 1. The van der Waals surface area contributed by atoms with Crippen LogP contribution in [-0.4, -0.2) is 20.6 Å². The Labute approximate surface area is 103 Å². The summed E-state index contributed by atoms with van der Waals surface area (Å²) < 4.78 is 24.4. The first-order chi connectivity index (χ1) is 7.37. The predicted molar refractivity (Wildman–Crippen MR) is 65.4 cm³/mol. The van der Waals surface area contributed by atoms with Crippen molar-refractivity contribution < 1.29 is 13.2 Å². The van der Waals surface area contributed by atoms with E-state index >= 15 is 0 Å². The smallest absolute Gasteiger partial charge is 0.233 e. The molecule has 1 aromatic carbocycles. The molecule has 1 rings (SSSR count). The third-order valence-electron chi connectivity index (χ3n) is 1.85. The van der Waals surface area contributed by atoms with Gasteiger partial charge < -0.3 is 0 Å². The van der Waals surface area contributed by atoms with Gasteiger partial charge in [0.05, 0.1) is 6.26 Å². The second-order valence-electron chi connectivity index (χ2n) is 3.42. The normalized spacial score (nSPS) is 11.1. The molecule has 1 aromatic rings. The van der Waals surface area contributed by atoms with E-state index in [0.717, 1.165) is 16.3 Å². The molecule has 4 nitrogen and oxygen atoms in total. The second-order valence-corrected chi connectivity index (χ2v) is 6.09. The molecule has 0 saturated heterocycles. The second kappa shape index (κ2) is 5.45. The molecule has 0 fully saturated rings. The summed E-state index contributed by atoms with van der Waals surface area (Å²) in [5.41, 5.74) is 0.992. The zero-order chi connectivity index (χ0) is 12.2. The van der Waals surface area contributed by atoms with E-state index < -0.39 is 15.9 Å². The van der Waals surface area contributed by atoms with E-state index in [9.17, 15) is 13.2 Å². The highest BCUT2D eigenvalue weighted by Gasteiger charge is 2.07. The minimum Gasteiger partial charge on any atom is -0.274 e. The number of amides is 1. The van der Waals surface area contributed by atoms with Crippen LogP contribution in [0, 0.1) is 0 Å². The fourth-order valence-electron chi connectivity index (χ4n) is 1.17. The lowest BCUT2D eigenvalue weighted by molar-refractivity contribution is -0.119. The van der Waals surface area contributed by atoms with Crippen molar-refractivity contribution in [2.75, 3.05) is 6.26 Å². The number of benzene rings is 1. The standard InChI is InChI=1S/C10H12BrNO3S/c1-16(14,15)12-10(13)7-4-8-2-5-9(11)6-3-8/h2-3,5-6H,4,7H2,1H3,(H,12,13). The number of sulfonamides is 1. The lowest BCUT2D eigenvalue weighted by atomic mass is 10.1. The van der Waals surface area contributed by atoms with Crippen molar-refractivity contribution in [1.29, 1.82) is 0 Å². The van der Waals surface area contributed by atoms with Crippen LogP contribution in [0.2, 0.25) is 0 Å². The van der Waals surface area contributed by atoms with E-state index in [1.807, 2.05) is 29.0 Å². The fraction of sp³-hybridized carbons (Fsp3) is 0.300. The fourth-order valence-corrected chi connectivity index (χ4v) is 1.95. The van der Waals surface area contributed by atoms with Crippen LogP contribution in [-0.2, 0) is 21.2 Å². The zero-order valence-electron chi connectivity index (χ0n) is 8.73.